The van der Waals surface area contributed by atoms with E-state index in [1.54, 1.807) is 11.3 Å². The van der Waals surface area contributed by atoms with Crippen molar-refractivity contribution in [3.63, 3.8) is 0 Å². The molecule has 6 heteroatoms. The van der Waals surface area contributed by atoms with Gasteiger partial charge < -0.3 is 19.4 Å². The Bertz CT molecular complexity index is 1000. The molecule has 0 amide bonds. The number of hydrogen-bond acceptors (Lipinski definition) is 5. The number of para-hydroxylation sites is 2. The number of nitrogens with zero attached hydrogens (tertiary/aromatic N) is 2. The summed E-state index contributed by atoms with van der Waals surface area (Å²) in [5.74, 6) is 1.66. The van der Waals surface area contributed by atoms with E-state index >= 15 is 0 Å². The van der Waals surface area contributed by atoms with Crippen LogP contribution in [0.5, 0.6) is 11.5 Å². The Morgan fingerprint density at radius 1 is 1.17 bits per heavy atom. The van der Waals surface area contributed by atoms with Gasteiger partial charge >= 0.3 is 0 Å². The van der Waals surface area contributed by atoms with E-state index < -0.39 is 0 Å². The van der Waals surface area contributed by atoms with Crippen molar-refractivity contribution in [2.75, 3.05) is 11.9 Å². The molecule has 1 fully saturated rings. The Morgan fingerprint density at radius 2 is 1.97 bits per heavy atom. The molecule has 1 atom stereocenters. The van der Waals surface area contributed by atoms with Crippen LogP contribution in [0.15, 0.2) is 35.7 Å². The largest absolute Gasteiger partial charge is 0.486 e. The van der Waals surface area contributed by atoms with Crippen LogP contribution in [-0.4, -0.2) is 28.3 Å². The molecule has 0 spiro atoms. The summed E-state index contributed by atoms with van der Waals surface area (Å²) >= 11 is 1.71. The van der Waals surface area contributed by atoms with Gasteiger partial charge in [0.05, 0.1) is 12.2 Å². The number of aromatic nitrogens is 2. The van der Waals surface area contributed by atoms with Gasteiger partial charge in [-0.15, -0.1) is 11.3 Å². The molecule has 29 heavy (non-hydrogen) atoms. The molecule has 0 radical (unpaired) electrons. The fraction of sp³-hybridized carbons (Fsp3) is 0.435. The van der Waals surface area contributed by atoms with E-state index in [4.69, 9.17) is 14.5 Å². The van der Waals surface area contributed by atoms with Crippen LogP contribution in [0.1, 0.15) is 37.1 Å². The standard InChI is InChI=1S/C23H27N3O2S/c1-15-11-19(20-14-29-23(25-20)24-17-7-3-4-8-17)16(2)26(15)12-18-13-27-21-9-5-6-10-22(21)28-18/h5-6,9-11,14,17-18H,3-4,7-8,12-13H2,1-2H3,(H,24,25)/t18-/m0/s1. The zero-order valence-electron chi connectivity index (χ0n) is 17.0. The van der Waals surface area contributed by atoms with Crippen molar-refractivity contribution in [3.05, 3.63) is 47.1 Å². The van der Waals surface area contributed by atoms with E-state index in [1.165, 1.54) is 42.6 Å². The van der Waals surface area contributed by atoms with Gasteiger partial charge in [0.1, 0.15) is 6.61 Å². The number of aryl methyl sites for hydroxylation is 1. The van der Waals surface area contributed by atoms with E-state index in [1.807, 2.05) is 24.3 Å². The van der Waals surface area contributed by atoms with Crippen LogP contribution in [0.2, 0.25) is 0 Å². The van der Waals surface area contributed by atoms with Crippen molar-refractivity contribution in [2.24, 2.45) is 0 Å². The molecule has 2 aliphatic rings. The molecule has 5 nitrogen and oxygen atoms in total. The van der Waals surface area contributed by atoms with Crippen molar-refractivity contribution in [3.8, 4) is 22.8 Å². The van der Waals surface area contributed by atoms with Gasteiger partial charge in [0.2, 0.25) is 0 Å². The average Bonchev–Trinajstić information content (AvgIpc) is 3.46. The second-order valence-corrected chi connectivity index (χ2v) is 8.91. The zero-order chi connectivity index (χ0) is 19.8. The molecule has 0 bridgehead atoms. The fourth-order valence-corrected chi connectivity index (χ4v) is 5.20. The fourth-order valence-electron chi connectivity index (χ4n) is 4.41. The number of rotatable bonds is 5. The zero-order valence-corrected chi connectivity index (χ0v) is 17.8. The Morgan fingerprint density at radius 3 is 2.79 bits per heavy atom. The molecular formula is C23H27N3O2S. The highest BCUT2D eigenvalue weighted by Crippen LogP contribution is 2.34. The van der Waals surface area contributed by atoms with Crippen LogP contribution in [0.4, 0.5) is 5.13 Å². The lowest BCUT2D eigenvalue weighted by atomic mass is 10.2. The van der Waals surface area contributed by atoms with Crippen molar-refractivity contribution >= 4 is 16.5 Å². The monoisotopic (exact) mass is 409 g/mol. The average molecular weight is 410 g/mol. The molecule has 0 saturated heterocycles. The summed E-state index contributed by atoms with van der Waals surface area (Å²) in [5, 5.41) is 6.82. The maximum absolute atomic E-state index is 6.17. The summed E-state index contributed by atoms with van der Waals surface area (Å²) in [6.45, 7) is 5.65. The third-order valence-electron chi connectivity index (χ3n) is 5.99. The number of benzene rings is 1. The molecule has 5 rings (SSSR count). The number of hydrogen-bond donors (Lipinski definition) is 1. The van der Waals surface area contributed by atoms with Crippen molar-refractivity contribution < 1.29 is 9.47 Å². The van der Waals surface area contributed by atoms with Gasteiger partial charge in [-0.3, -0.25) is 0 Å². The number of anilines is 1. The van der Waals surface area contributed by atoms with Crippen molar-refractivity contribution in [1.29, 1.82) is 0 Å². The molecule has 3 aromatic rings. The maximum atomic E-state index is 6.17. The summed E-state index contributed by atoms with van der Waals surface area (Å²) in [6, 6.07) is 10.7. The van der Waals surface area contributed by atoms with E-state index in [9.17, 15) is 0 Å². The first-order chi connectivity index (χ1) is 14.2. The summed E-state index contributed by atoms with van der Waals surface area (Å²) in [7, 11) is 0. The molecule has 0 unspecified atom stereocenters. The van der Waals surface area contributed by atoms with Crippen LogP contribution >= 0.6 is 11.3 Å². The first-order valence-corrected chi connectivity index (χ1v) is 11.3. The van der Waals surface area contributed by atoms with Gasteiger partial charge in [0.15, 0.2) is 22.7 Å². The third kappa shape index (κ3) is 3.73. The van der Waals surface area contributed by atoms with E-state index in [-0.39, 0.29) is 6.10 Å². The normalized spacial score (nSPS) is 18.9. The Kier molecular flexibility index (Phi) is 4.96. The molecule has 1 aliphatic carbocycles. The smallest absolute Gasteiger partial charge is 0.183 e. The molecule has 1 N–H and O–H groups in total. The van der Waals surface area contributed by atoms with Crippen molar-refractivity contribution in [2.45, 2.75) is 58.2 Å². The maximum Gasteiger partial charge on any atom is 0.183 e. The number of ether oxygens (including phenoxy) is 2. The molecule has 1 saturated carbocycles. The summed E-state index contributed by atoms with van der Waals surface area (Å²) in [4.78, 5) is 4.87. The quantitative estimate of drug-likeness (QED) is 0.611. The summed E-state index contributed by atoms with van der Waals surface area (Å²) < 4.78 is 14.4. The van der Waals surface area contributed by atoms with Crippen LogP contribution < -0.4 is 14.8 Å². The van der Waals surface area contributed by atoms with E-state index in [0.29, 0.717) is 12.6 Å². The third-order valence-corrected chi connectivity index (χ3v) is 6.76. The topological polar surface area (TPSA) is 48.3 Å². The van der Waals surface area contributed by atoms with Gasteiger partial charge in [-0.1, -0.05) is 25.0 Å². The van der Waals surface area contributed by atoms with Gasteiger partial charge in [0.25, 0.3) is 0 Å². The van der Waals surface area contributed by atoms with Crippen LogP contribution in [0.25, 0.3) is 11.3 Å². The predicted octanol–water partition coefficient (Wildman–Crippen LogP) is 5.42. The molecule has 3 heterocycles. The molecule has 1 aromatic carbocycles. The highest BCUT2D eigenvalue weighted by Gasteiger charge is 2.23. The van der Waals surface area contributed by atoms with Crippen molar-refractivity contribution in [1.82, 2.24) is 9.55 Å². The first kappa shape index (κ1) is 18.6. The molecular weight excluding hydrogens is 382 g/mol. The first-order valence-electron chi connectivity index (χ1n) is 10.4. The van der Waals surface area contributed by atoms with E-state index in [2.05, 4.69) is 35.2 Å². The summed E-state index contributed by atoms with van der Waals surface area (Å²) in [5.41, 5.74) is 4.71. The highest BCUT2D eigenvalue weighted by molar-refractivity contribution is 7.14. The SMILES string of the molecule is Cc1cc(-c2csc(NC3CCCC3)n2)c(C)n1C[C@H]1COc2ccccc2O1. The van der Waals surface area contributed by atoms with Gasteiger partial charge in [-0.05, 0) is 44.9 Å². The molecule has 1 aliphatic heterocycles. The van der Waals surface area contributed by atoms with Gasteiger partial charge in [0, 0.05) is 28.4 Å². The van der Waals surface area contributed by atoms with Crippen LogP contribution in [-0.2, 0) is 6.54 Å². The number of nitrogens with one attached hydrogen (secondary N) is 1. The Balaban J connectivity index is 1.32. The van der Waals surface area contributed by atoms with Gasteiger partial charge in [-0.2, -0.15) is 0 Å². The highest BCUT2D eigenvalue weighted by atomic mass is 32.1. The number of thiazole rings is 1. The minimum Gasteiger partial charge on any atom is -0.486 e. The Hall–Kier alpha value is -2.47. The Labute approximate surface area is 175 Å². The predicted molar refractivity (Wildman–Crippen MR) is 117 cm³/mol. The lowest BCUT2D eigenvalue weighted by Crippen LogP contribution is -2.33. The lowest BCUT2D eigenvalue weighted by molar-refractivity contribution is 0.0778. The molecule has 152 valence electrons. The second-order valence-electron chi connectivity index (χ2n) is 8.06. The van der Waals surface area contributed by atoms with Gasteiger partial charge in [-0.25, -0.2) is 4.98 Å². The van der Waals surface area contributed by atoms with Crippen LogP contribution in [0.3, 0.4) is 0 Å². The minimum absolute atomic E-state index is 0.00224. The number of fused-ring (bicyclic) bond motifs is 1. The lowest BCUT2D eigenvalue weighted by Gasteiger charge is -2.27. The molecule has 2 aromatic heterocycles. The second kappa shape index (κ2) is 7.75. The summed E-state index contributed by atoms with van der Waals surface area (Å²) in [6.07, 6.45) is 5.17. The van der Waals surface area contributed by atoms with Crippen LogP contribution in [0, 0.1) is 13.8 Å². The van der Waals surface area contributed by atoms with E-state index in [0.717, 1.165) is 28.9 Å². The minimum atomic E-state index is -0.00224.